The van der Waals surface area contributed by atoms with E-state index < -0.39 is 0 Å². The number of amides is 1. The average molecular weight is 234 g/mol. The minimum Gasteiger partial charge on any atom is -0.351 e. The molecule has 0 aromatic heterocycles. The highest BCUT2D eigenvalue weighted by Crippen LogP contribution is 2.09. The Morgan fingerprint density at radius 3 is 2.35 bits per heavy atom. The minimum atomic E-state index is -0.200. The van der Waals surface area contributed by atoms with E-state index in [0.29, 0.717) is 17.7 Å². The summed E-state index contributed by atoms with van der Waals surface area (Å²) in [5.74, 6) is -0.295. The molecule has 1 aromatic rings. The summed E-state index contributed by atoms with van der Waals surface area (Å²) in [5, 5.41) is 5.89. The van der Waals surface area contributed by atoms with Gasteiger partial charge in [0.2, 0.25) is 0 Å². The van der Waals surface area contributed by atoms with Crippen LogP contribution in [0.5, 0.6) is 0 Å². The van der Waals surface area contributed by atoms with Crippen LogP contribution in [0.3, 0.4) is 0 Å². The number of likely N-dealkylation sites (N-methyl/N-ethyl adjacent to an activating group) is 1. The monoisotopic (exact) mass is 234 g/mol. The van der Waals surface area contributed by atoms with E-state index in [9.17, 15) is 9.59 Å². The van der Waals surface area contributed by atoms with Gasteiger partial charge in [-0.15, -0.1) is 0 Å². The quantitative estimate of drug-likeness (QED) is 0.575. The lowest BCUT2D eigenvalue weighted by Gasteiger charge is -2.08. The Morgan fingerprint density at radius 1 is 1.12 bits per heavy atom. The van der Waals surface area contributed by atoms with Crippen LogP contribution in [0.15, 0.2) is 24.3 Å². The van der Waals surface area contributed by atoms with Crippen molar-refractivity contribution >= 4 is 11.7 Å². The standard InChI is InChI=1S/C13H18N2O2/c1-3-14-8-9-15-13(17)12-7-5-4-6-11(12)10(2)16/h4-7,14H,3,8-9H2,1-2H3,(H,15,17). The van der Waals surface area contributed by atoms with Crippen molar-refractivity contribution in [2.45, 2.75) is 13.8 Å². The molecule has 0 heterocycles. The van der Waals surface area contributed by atoms with Crippen LogP contribution in [0.4, 0.5) is 0 Å². The molecule has 1 amide bonds. The zero-order chi connectivity index (χ0) is 12.7. The Labute approximate surface area is 101 Å². The highest BCUT2D eigenvalue weighted by molar-refractivity contribution is 6.07. The van der Waals surface area contributed by atoms with Crippen LogP contribution in [-0.2, 0) is 0 Å². The van der Waals surface area contributed by atoms with Gasteiger partial charge in [0, 0.05) is 18.7 Å². The van der Waals surface area contributed by atoms with Gasteiger partial charge in [-0.1, -0.05) is 25.1 Å². The summed E-state index contributed by atoms with van der Waals surface area (Å²) in [6, 6.07) is 6.85. The molecule has 17 heavy (non-hydrogen) atoms. The van der Waals surface area contributed by atoms with Crippen LogP contribution in [-0.4, -0.2) is 31.3 Å². The number of rotatable bonds is 6. The molecule has 0 atom stereocenters. The largest absolute Gasteiger partial charge is 0.351 e. The number of ketones is 1. The molecule has 0 spiro atoms. The summed E-state index contributed by atoms with van der Waals surface area (Å²) in [4.78, 5) is 23.2. The van der Waals surface area contributed by atoms with Gasteiger partial charge in [0.15, 0.2) is 5.78 Å². The number of carbonyl (C=O) groups excluding carboxylic acids is 2. The van der Waals surface area contributed by atoms with Crippen LogP contribution in [0.2, 0.25) is 0 Å². The molecule has 0 saturated heterocycles. The highest BCUT2D eigenvalue weighted by Gasteiger charge is 2.12. The van der Waals surface area contributed by atoms with E-state index in [0.717, 1.165) is 13.1 Å². The molecule has 0 aliphatic carbocycles. The Morgan fingerprint density at radius 2 is 1.76 bits per heavy atom. The smallest absolute Gasteiger partial charge is 0.252 e. The average Bonchev–Trinajstić information content (AvgIpc) is 2.34. The van der Waals surface area contributed by atoms with Gasteiger partial charge in [-0.3, -0.25) is 9.59 Å². The van der Waals surface area contributed by atoms with Gasteiger partial charge in [0.1, 0.15) is 0 Å². The first-order valence-corrected chi connectivity index (χ1v) is 5.75. The van der Waals surface area contributed by atoms with Crippen molar-refractivity contribution in [1.29, 1.82) is 0 Å². The highest BCUT2D eigenvalue weighted by atomic mass is 16.2. The van der Waals surface area contributed by atoms with Gasteiger partial charge in [-0.25, -0.2) is 0 Å². The van der Waals surface area contributed by atoms with E-state index in [1.54, 1.807) is 24.3 Å². The number of hydrogen-bond acceptors (Lipinski definition) is 3. The van der Waals surface area contributed by atoms with E-state index in [1.807, 2.05) is 6.92 Å². The molecule has 0 unspecified atom stereocenters. The molecule has 0 radical (unpaired) electrons. The molecule has 92 valence electrons. The Bertz CT molecular complexity index is 402. The van der Waals surface area contributed by atoms with Crippen molar-refractivity contribution in [1.82, 2.24) is 10.6 Å². The van der Waals surface area contributed by atoms with Crippen LogP contribution < -0.4 is 10.6 Å². The van der Waals surface area contributed by atoms with Crippen molar-refractivity contribution in [3.8, 4) is 0 Å². The lowest BCUT2D eigenvalue weighted by molar-refractivity contribution is 0.0939. The molecule has 0 aliphatic heterocycles. The van der Waals surface area contributed by atoms with Gasteiger partial charge < -0.3 is 10.6 Å². The van der Waals surface area contributed by atoms with E-state index in [2.05, 4.69) is 10.6 Å². The second-order valence-electron chi connectivity index (χ2n) is 3.71. The SMILES string of the molecule is CCNCCNC(=O)c1ccccc1C(C)=O. The van der Waals surface area contributed by atoms with Gasteiger partial charge in [-0.05, 0) is 19.5 Å². The zero-order valence-corrected chi connectivity index (χ0v) is 10.2. The molecule has 4 nitrogen and oxygen atoms in total. The lowest BCUT2D eigenvalue weighted by Crippen LogP contribution is -2.32. The van der Waals surface area contributed by atoms with Gasteiger partial charge >= 0.3 is 0 Å². The van der Waals surface area contributed by atoms with Gasteiger partial charge in [0.05, 0.1) is 5.56 Å². The third kappa shape index (κ3) is 4.00. The molecular weight excluding hydrogens is 216 g/mol. The Kier molecular flexibility index (Phi) is 5.36. The summed E-state index contributed by atoms with van der Waals surface area (Å²) < 4.78 is 0. The summed E-state index contributed by atoms with van der Waals surface area (Å²) >= 11 is 0. The molecular formula is C13H18N2O2. The predicted molar refractivity (Wildman–Crippen MR) is 67.3 cm³/mol. The normalized spacial score (nSPS) is 10.0. The lowest BCUT2D eigenvalue weighted by atomic mass is 10.0. The molecule has 0 bridgehead atoms. The maximum absolute atomic E-state index is 11.8. The first kappa shape index (κ1) is 13.4. The summed E-state index contributed by atoms with van der Waals surface area (Å²) in [6.07, 6.45) is 0. The second kappa shape index (κ2) is 6.81. The predicted octanol–water partition coefficient (Wildman–Crippen LogP) is 1.23. The van der Waals surface area contributed by atoms with E-state index in [1.165, 1.54) is 6.92 Å². The molecule has 0 aliphatic rings. The van der Waals surface area contributed by atoms with Crippen molar-refractivity contribution in [2.24, 2.45) is 0 Å². The van der Waals surface area contributed by atoms with Crippen molar-refractivity contribution in [3.05, 3.63) is 35.4 Å². The summed E-state index contributed by atoms with van der Waals surface area (Å²) in [6.45, 7) is 5.63. The molecule has 1 aromatic carbocycles. The van der Waals surface area contributed by atoms with E-state index >= 15 is 0 Å². The topological polar surface area (TPSA) is 58.2 Å². The van der Waals surface area contributed by atoms with E-state index in [-0.39, 0.29) is 11.7 Å². The zero-order valence-electron chi connectivity index (χ0n) is 10.2. The fourth-order valence-corrected chi connectivity index (χ4v) is 1.52. The number of nitrogens with one attached hydrogen (secondary N) is 2. The maximum atomic E-state index is 11.8. The van der Waals surface area contributed by atoms with Crippen molar-refractivity contribution in [2.75, 3.05) is 19.6 Å². The first-order valence-electron chi connectivity index (χ1n) is 5.75. The number of Topliss-reactive ketones (excluding diaryl/α,β-unsaturated/α-hetero) is 1. The molecule has 1 rings (SSSR count). The number of benzene rings is 1. The van der Waals surface area contributed by atoms with Crippen LogP contribution in [0, 0.1) is 0 Å². The Balaban J connectivity index is 2.65. The fourth-order valence-electron chi connectivity index (χ4n) is 1.52. The van der Waals surface area contributed by atoms with Crippen LogP contribution in [0.25, 0.3) is 0 Å². The minimum absolute atomic E-state index is 0.0950. The summed E-state index contributed by atoms with van der Waals surface area (Å²) in [5.41, 5.74) is 0.907. The van der Waals surface area contributed by atoms with Gasteiger partial charge in [0.25, 0.3) is 5.91 Å². The first-order chi connectivity index (χ1) is 8.16. The number of carbonyl (C=O) groups is 2. The number of hydrogen-bond donors (Lipinski definition) is 2. The van der Waals surface area contributed by atoms with Crippen molar-refractivity contribution in [3.63, 3.8) is 0 Å². The van der Waals surface area contributed by atoms with Crippen LogP contribution in [0.1, 0.15) is 34.6 Å². The molecule has 0 saturated carbocycles. The second-order valence-corrected chi connectivity index (χ2v) is 3.71. The van der Waals surface area contributed by atoms with Crippen LogP contribution >= 0.6 is 0 Å². The Hall–Kier alpha value is -1.68. The maximum Gasteiger partial charge on any atom is 0.252 e. The fraction of sp³-hybridized carbons (Fsp3) is 0.385. The third-order valence-corrected chi connectivity index (χ3v) is 2.39. The molecule has 4 heteroatoms. The van der Waals surface area contributed by atoms with Crippen molar-refractivity contribution < 1.29 is 9.59 Å². The van der Waals surface area contributed by atoms with E-state index in [4.69, 9.17) is 0 Å². The molecule has 0 fully saturated rings. The summed E-state index contributed by atoms with van der Waals surface area (Å²) in [7, 11) is 0. The van der Waals surface area contributed by atoms with Gasteiger partial charge in [-0.2, -0.15) is 0 Å². The molecule has 2 N–H and O–H groups in total. The third-order valence-electron chi connectivity index (χ3n) is 2.39.